The Bertz CT molecular complexity index is 866. The lowest BCUT2D eigenvalue weighted by Gasteiger charge is -2.31. The maximum absolute atomic E-state index is 12.2. The SMILES string of the molecule is COc1ccc(/C=C/CC2(C)CC(c3ccc(C)cc3)=NN2C(C)=O)cc1. The van der Waals surface area contributed by atoms with E-state index in [9.17, 15) is 4.79 Å². The molecule has 0 N–H and O–H groups in total. The van der Waals surface area contributed by atoms with Gasteiger partial charge in [0.1, 0.15) is 5.75 Å². The first kappa shape index (κ1) is 18.9. The van der Waals surface area contributed by atoms with Gasteiger partial charge < -0.3 is 4.74 Å². The maximum Gasteiger partial charge on any atom is 0.240 e. The highest BCUT2D eigenvalue weighted by atomic mass is 16.5. The Morgan fingerprint density at radius 1 is 1.19 bits per heavy atom. The predicted molar refractivity (Wildman–Crippen MR) is 110 cm³/mol. The van der Waals surface area contributed by atoms with E-state index in [0.717, 1.165) is 35.4 Å². The third-order valence-corrected chi connectivity index (χ3v) is 4.95. The van der Waals surface area contributed by atoms with Crippen molar-refractivity contribution in [2.75, 3.05) is 7.11 Å². The molecule has 1 atom stereocenters. The minimum atomic E-state index is -0.352. The van der Waals surface area contributed by atoms with Gasteiger partial charge >= 0.3 is 0 Å². The first-order valence-electron chi connectivity index (χ1n) is 9.17. The van der Waals surface area contributed by atoms with Crippen LogP contribution in [0, 0.1) is 6.92 Å². The Balaban J connectivity index is 1.75. The van der Waals surface area contributed by atoms with Crippen molar-refractivity contribution in [3.05, 3.63) is 71.3 Å². The van der Waals surface area contributed by atoms with Gasteiger partial charge in [0.2, 0.25) is 5.91 Å². The van der Waals surface area contributed by atoms with Crippen LogP contribution in [-0.4, -0.2) is 29.3 Å². The van der Waals surface area contributed by atoms with E-state index < -0.39 is 0 Å². The first-order chi connectivity index (χ1) is 12.9. The fourth-order valence-electron chi connectivity index (χ4n) is 3.39. The van der Waals surface area contributed by atoms with Crippen molar-refractivity contribution in [3.63, 3.8) is 0 Å². The quantitative estimate of drug-likeness (QED) is 0.765. The fraction of sp³-hybridized carbons (Fsp3) is 0.304. The van der Waals surface area contributed by atoms with Crippen LogP contribution >= 0.6 is 0 Å². The average molecular weight is 362 g/mol. The maximum atomic E-state index is 12.2. The minimum Gasteiger partial charge on any atom is -0.497 e. The van der Waals surface area contributed by atoms with Crippen molar-refractivity contribution in [3.8, 4) is 5.75 Å². The third-order valence-electron chi connectivity index (χ3n) is 4.95. The molecule has 1 heterocycles. The highest BCUT2D eigenvalue weighted by Gasteiger charge is 2.40. The molecule has 0 bridgehead atoms. The summed E-state index contributed by atoms with van der Waals surface area (Å²) in [4.78, 5) is 12.2. The summed E-state index contributed by atoms with van der Waals surface area (Å²) in [5.41, 5.74) is 4.01. The molecular formula is C23H26N2O2. The van der Waals surface area contributed by atoms with Crippen LogP contribution in [-0.2, 0) is 4.79 Å². The lowest BCUT2D eigenvalue weighted by atomic mass is 9.89. The van der Waals surface area contributed by atoms with Crippen molar-refractivity contribution in [1.29, 1.82) is 0 Å². The monoisotopic (exact) mass is 362 g/mol. The molecule has 0 fully saturated rings. The molecule has 0 aliphatic carbocycles. The number of methoxy groups -OCH3 is 1. The number of amides is 1. The van der Waals surface area contributed by atoms with E-state index in [1.807, 2.05) is 24.3 Å². The number of ether oxygens (including phenoxy) is 1. The summed E-state index contributed by atoms with van der Waals surface area (Å²) >= 11 is 0. The summed E-state index contributed by atoms with van der Waals surface area (Å²) < 4.78 is 5.19. The molecule has 3 rings (SSSR count). The summed E-state index contributed by atoms with van der Waals surface area (Å²) in [7, 11) is 1.66. The third kappa shape index (κ3) is 4.27. The zero-order valence-electron chi connectivity index (χ0n) is 16.4. The van der Waals surface area contributed by atoms with Crippen LogP contribution in [0.4, 0.5) is 0 Å². The van der Waals surface area contributed by atoms with Gasteiger partial charge in [-0.25, -0.2) is 5.01 Å². The second-order valence-electron chi connectivity index (χ2n) is 7.30. The molecular weight excluding hydrogens is 336 g/mol. The number of hydrazone groups is 1. The highest BCUT2D eigenvalue weighted by Crippen LogP contribution is 2.33. The van der Waals surface area contributed by atoms with Gasteiger partial charge in [-0.2, -0.15) is 5.10 Å². The van der Waals surface area contributed by atoms with Gasteiger partial charge in [0.15, 0.2) is 0 Å². The molecule has 0 radical (unpaired) electrons. The van der Waals surface area contributed by atoms with E-state index in [1.165, 1.54) is 5.56 Å². The Kier molecular flexibility index (Phi) is 5.45. The lowest BCUT2D eigenvalue weighted by molar-refractivity contribution is -0.133. The molecule has 140 valence electrons. The van der Waals surface area contributed by atoms with E-state index in [0.29, 0.717) is 0 Å². The number of aryl methyl sites for hydroxylation is 1. The van der Waals surface area contributed by atoms with Crippen molar-refractivity contribution >= 4 is 17.7 Å². The number of hydrogen-bond donors (Lipinski definition) is 0. The van der Waals surface area contributed by atoms with E-state index in [-0.39, 0.29) is 11.4 Å². The van der Waals surface area contributed by atoms with Crippen LogP contribution in [0.15, 0.2) is 59.7 Å². The molecule has 0 aromatic heterocycles. The summed E-state index contributed by atoms with van der Waals surface area (Å²) in [5.74, 6) is 0.811. The minimum absolute atomic E-state index is 0.0301. The Labute approximate surface area is 161 Å². The lowest BCUT2D eigenvalue weighted by Crippen LogP contribution is -2.42. The first-order valence-corrected chi connectivity index (χ1v) is 9.17. The molecule has 1 amide bonds. The van der Waals surface area contributed by atoms with Crippen LogP contribution < -0.4 is 4.74 Å². The van der Waals surface area contributed by atoms with Crippen molar-refractivity contribution < 1.29 is 9.53 Å². The van der Waals surface area contributed by atoms with Gasteiger partial charge in [-0.3, -0.25) is 4.79 Å². The number of carbonyl (C=O) groups is 1. The summed E-state index contributed by atoms with van der Waals surface area (Å²) in [6.45, 7) is 5.74. The second-order valence-corrected chi connectivity index (χ2v) is 7.30. The van der Waals surface area contributed by atoms with Gasteiger partial charge in [-0.1, -0.05) is 54.1 Å². The van der Waals surface area contributed by atoms with Crippen LogP contribution in [0.1, 0.15) is 43.4 Å². The predicted octanol–water partition coefficient (Wildman–Crippen LogP) is 4.82. The van der Waals surface area contributed by atoms with Crippen LogP contribution in [0.25, 0.3) is 6.08 Å². The molecule has 0 saturated heterocycles. The molecule has 0 spiro atoms. The highest BCUT2D eigenvalue weighted by molar-refractivity contribution is 6.03. The summed E-state index contributed by atoms with van der Waals surface area (Å²) in [6, 6.07) is 16.2. The number of nitrogens with zero attached hydrogens (tertiary/aromatic N) is 2. The molecule has 27 heavy (non-hydrogen) atoms. The summed E-state index contributed by atoms with van der Waals surface area (Å²) in [5, 5.41) is 6.28. The van der Waals surface area contributed by atoms with E-state index >= 15 is 0 Å². The smallest absolute Gasteiger partial charge is 0.240 e. The second kappa shape index (κ2) is 7.78. The van der Waals surface area contributed by atoms with E-state index in [4.69, 9.17) is 4.74 Å². The van der Waals surface area contributed by atoms with Gasteiger partial charge in [0, 0.05) is 13.3 Å². The molecule has 0 saturated carbocycles. The molecule has 1 aliphatic rings. The molecule has 1 unspecified atom stereocenters. The standard InChI is InChI=1S/C23H26N2O2/c1-17-7-11-20(12-8-17)22-16-23(3,25(24-22)18(2)26)15-5-6-19-9-13-21(27-4)14-10-19/h5-14H,15-16H2,1-4H3/b6-5+. The van der Waals surface area contributed by atoms with Crippen molar-refractivity contribution in [2.45, 2.75) is 39.2 Å². The topological polar surface area (TPSA) is 41.9 Å². The van der Waals surface area contributed by atoms with E-state index in [2.05, 4.69) is 55.4 Å². The molecule has 1 aliphatic heterocycles. The Hall–Kier alpha value is -2.88. The number of benzene rings is 2. The number of rotatable bonds is 5. The van der Waals surface area contributed by atoms with Crippen molar-refractivity contribution in [1.82, 2.24) is 5.01 Å². The molecule has 2 aromatic carbocycles. The van der Waals surface area contributed by atoms with Crippen LogP contribution in [0.5, 0.6) is 5.75 Å². The number of carbonyl (C=O) groups excluding carboxylic acids is 1. The zero-order valence-corrected chi connectivity index (χ0v) is 16.4. The zero-order chi connectivity index (χ0) is 19.4. The van der Waals surface area contributed by atoms with Crippen LogP contribution in [0.3, 0.4) is 0 Å². The largest absolute Gasteiger partial charge is 0.497 e. The normalized spacial score (nSPS) is 19.4. The van der Waals surface area contributed by atoms with E-state index in [1.54, 1.807) is 19.0 Å². The van der Waals surface area contributed by atoms with Crippen molar-refractivity contribution in [2.24, 2.45) is 5.10 Å². The van der Waals surface area contributed by atoms with Gasteiger partial charge in [-0.05, 0) is 43.5 Å². The van der Waals surface area contributed by atoms with Gasteiger partial charge in [0.25, 0.3) is 0 Å². The average Bonchev–Trinajstić information content (AvgIpc) is 3.01. The Morgan fingerprint density at radius 2 is 1.85 bits per heavy atom. The number of hydrogen-bond acceptors (Lipinski definition) is 3. The fourth-order valence-corrected chi connectivity index (χ4v) is 3.39. The van der Waals surface area contributed by atoms with Gasteiger partial charge in [0.05, 0.1) is 18.4 Å². The molecule has 4 nitrogen and oxygen atoms in total. The molecule has 2 aromatic rings. The Morgan fingerprint density at radius 3 is 2.44 bits per heavy atom. The van der Waals surface area contributed by atoms with Gasteiger partial charge in [-0.15, -0.1) is 0 Å². The van der Waals surface area contributed by atoms with Crippen LogP contribution in [0.2, 0.25) is 0 Å². The summed E-state index contributed by atoms with van der Waals surface area (Å²) in [6.07, 6.45) is 5.66. The molecule has 4 heteroatoms.